The highest BCUT2D eigenvalue weighted by Gasteiger charge is 2.08. The van der Waals surface area contributed by atoms with Crippen molar-refractivity contribution in [1.29, 1.82) is 0 Å². The van der Waals surface area contributed by atoms with Crippen molar-refractivity contribution in [1.82, 2.24) is 14.5 Å². The van der Waals surface area contributed by atoms with Gasteiger partial charge in [-0.25, -0.2) is 9.97 Å². The number of anilines is 1. The van der Waals surface area contributed by atoms with Crippen LogP contribution in [0.1, 0.15) is 19.0 Å². The molecule has 0 unspecified atom stereocenters. The van der Waals surface area contributed by atoms with E-state index < -0.39 is 0 Å². The van der Waals surface area contributed by atoms with Crippen molar-refractivity contribution in [3.05, 3.63) is 53.4 Å². The summed E-state index contributed by atoms with van der Waals surface area (Å²) in [6.45, 7) is 3.64. The highest BCUT2D eigenvalue weighted by Crippen LogP contribution is 2.20. The molecule has 0 bridgehead atoms. The molecule has 0 saturated heterocycles. The molecule has 2 heterocycles. The van der Waals surface area contributed by atoms with Gasteiger partial charge in [0, 0.05) is 6.54 Å². The van der Waals surface area contributed by atoms with Gasteiger partial charge in [0.15, 0.2) is 0 Å². The second-order valence-electron chi connectivity index (χ2n) is 4.91. The highest BCUT2D eigenvalue weighted by atomic mass is 35.5. The summed E-state index contributed by atoms with van der Waals surface area (Å²) in [4.78, 5) is 8.99. The molecule has 2 aromatic heterocycles. The van der Waals surface area contributed by atoms with Crippen LogP contribution in [-0.2, 0) is 6.54 Å². The summed E-state index contributed by atoms with van der Waals surface area (Å²) in [6.07, 6.45) is 2.89. The maximum Gasteiger partial charge on any atom is 0.126 e. The van der Waals surface area contributed by atoms with Gasteiger partial charge >= 0.3 is 0 Å². The maximum absolute atomic E-state index is 6.27. The molecule has 5 heteroatoms. The van der Waals surface area contributed by atoms with Crippen LogP contribution < -0.4 is 5.32 Å². The largest absolute Gasteiger partial charge is 0.370 e. The molecule has 0 amide bonds. The van der Waals surface area contributed by atoms with Gasteiger partial charge in [0.2, 0.25) is 0 Å². The second-order valence-corrected chi connectivity index (χ2v) is 5.32. The van der Waals surface area contributed by atoms with Crippen molar-refractivity contribution in [2.75, 3.05) is 11.9 Å². The summed E-state index contributed by atoms with van der Waals surface area (Å²) in [5.41, 5.74) is 2.91. The van der Waals surface area contributed by atoms with Crippen molar-refractivity contribution in [3.8, 4) is 0 Å². The molecule has 0 fully saturated rings. The Balaban J connectivity index is 1.90. The maximum atomic E-state index is 6.27. The number of aromatic nitrogens is 3. The zero-order valence-corrected chi connectivity index (χ0v) is 12.6. The first-order valence-electron chi connectivity index (χ1n) is 7.07. The average molecular weight is 301 g/mol. The van der Waals surface area contributed by atoms with E-state index >= 15 is 0 Å². The fourth-order valence-electron chi connectivity index (χ4n) is 2.24. The number of nitrogens with one attached hydrogen (secondary N) is 1. The van der Waals surface area contributed by atoms with Crippen LogP contribution in [0.15, 0.2) is 42.7 Å². The minimum Gasteiger partial charge on any atom is -0.370 e. The summed E-state index contributed by atoms with van der Waals surface area (Å²) in [5.74, 6) is 0.862. The lowest BCUT2D eigenvalue weighted by atomic mass is 10.3. The van der Waals surface area contributed by atoms with Crippen LogP contribution in [-0.4, -0.2) is 21.1 Å². The Kier molecular flexibility index (Phi) is 4.06. The first-order chi connectivity index (χ1) is 10.3. The van der Waals surface area contributed by atoms with E-state index in [-0.39, 0.29) is 0 Å². The molecule has 0 aliphatic carbocycles. The van der Waals surface area contributed by atoms with Gasteiger partial charge in [-0.2, -0.15) is 0 Å². The van der Waals surface area contributed by atoms with Crippen LogP contribution in [0.2, 0.25) is 5.02 Å². The number of imidazole rings is 1. The van der Waals surface area contributed by atoms with Crippen LogP contribution in [0.4, 0.5) is 5.82 Å². The number of hydrogen-bond donors (Lipinski definition) is 1. The Labute approximate surface area is 128 Å². The van der Waals surface area contributed by atoms with Crippen molar-refractivity contribution >= 4 is 28.5 Å². The van der Waals surface area contributed by atoms with E-state index in [1.54, 1.807) is 0 Å². The number of fused-ring (bicyclic) bond motifs is 1. The standard InChI is InChI=1S/C16H17ClN4/c1-2-9-18-16-8-7-12(17)14(20-16)10-21-11-19-13-5-3-4-6-15(13)21/h3-8,11H,2,9-10H2,1H3,(H,18,20). The van der Waals surface area contributed by atoms with E-state index in [1.165, 1.54) is 0 Å². The Hall–Kier alpha value is -2.07. The molecule has 0 aliphatic heterocycles. The Morgan fingerprint density at radius 3 is 2.90 bits per heavy atom. The fraction of sp³-hybridized carbons (Fsp3) is 0.250. The summed E-state index contributed by atoms with van der Waals surface area (Å²) < 4.78 is 2.06. The minimum absolute atomic E-state index is 0.612. The molecule has 3 rings (SSSR count). The van der Waals surface area contributed by atoms with Gasteiger partial charge in [0.25, 0.3) is 0 Å². The second kappa shape index (κ2) is 6.14. The number of nitrogens with zero attached hydrogens (tertiary/aromatic N) is 3. The van der Waals surface area contributed by atoms with Gasteiger partial charge in [-0.15, -0.1) is 0 Å². The summed E-state index contributed by atoms with van der Waals surface area (Å²) in [6, 6.07) is 11.8. The third kappa shape index (κ3) is 3.00. The van der Waals surface area contributed by atoms with Crippen LogP contribution in [0.3, 0.4) is 0 Å². The first kappa shape index (κ1) is 13.9. The van der Waals surface area contributed by atoms with Gasteiger partial charge in [-0.1, -0.05) is 30.7 Å². The minimum atomic E-state index is 0.612. The topological polar surface area (TPSA) is 42.7 Å². The predicted octanol–water partition coefficient (Wildman–Crippen LogP) is 3.95. The summed E-state index contributed by atoms with van der Waals surface area (Å²) in [7, 11) is 0. The Morgan fingerprint density at radius 2 is 2.05 bits per heavy atom. The normalized spacial score (nSPS) is 11.0. The van der Waals surface area contributed by atoms with E-state index in [2.05, 4.69) is 32.8 Å². The first-order valence-corrected chi connectivity index (χ1v) is 7.45. The average Bonchev–Trinajstić information content (AvgIpc) is 2.91. The number of para-hydroxylation sites is 2. The van der Waals surface area contributed by atoms with Crippen molar-refractivity contribution < 1.29 is 0 Å². The van der Waals surface area contributed by atoms with E-state index in [1.807, 2.05) is 36.7 Å². The van der Waals surface area contributed by atoms with Gasteiger partial charge in [0.1, 0.15) is 5.82 Å². The lowest BCUT2D eigenvalue weighted by Gasteiger charge is -2.09. The molecule has 4 nitrogen and oxygen atoms in total. The molecular formula is C16H17ClN4. The molecule has 1 aromatic carbocycles. The van der Waals surface area contributed by atoms with Crippen molar-refractivity contribution in [3.63, 3.8) is 0 Å². The molecule has 3 aromatic rings. The van der Waals surface area contributed by atoms with Gasteiger partial charge < -0.3 is 9.88 Å². The SMILES string of the molecule is CCCNc1ccc(Cl)c(Cn2cnc3ccccc32)n1. The zero-order valence-electron chi connectivity index (χ0n) is 11.9. The Bertz CT molecular complexity index is 751. The third-order valence-electron chi connectivity index (χ3n) is 3.32. The number of rotatable bonds is 5. The predicted molar refractivity (Wildman–Crippen MR) is 86.9 cm³/mol. The molecule has 0 saturated carbocycles. The monoisotopic (exact) mass is 300 g/mol. The van der Waals surface area contributed by atoms with Crippen molar-refractivity contribution in [2.24, 2.45) is 0 Å². The molecule has 0 radical (unpaired) electrons. The van der Waals surface area contributed by atoms with Crippen LogP contribution in [0, 0.1) is 0 Å². The van der Waals surface area contributed by atoms with E-state index in [0.717, 1.165) is 35.5 Å². The van der Waals surface area contributed by atoms with E-state index in [0.29, 0.717) is 11.6 Å². The molecule has 0 atom stereocenters. The van der Waals surface area contributed by atoms with Crippen LogP contribution in [0.5, 0.6) is 0 Å². The van der Waals surface area contributed by atoms with Crippen molar-refractivity contribution in [2.45, 2.75) is 19.9 Å². The molecule has 108 valence electrons. The van der Waals surface area contributed by atoms with E-state index in [9.17, 15) is 0 Å². The van der Waals surface area contributed by atoms with E-state index in [4.69, 9.17) is 11.6 Å². The number of halogens is 1. The number of benzene rings is 1. The quantitative estimate of drug-likeness (QED) is 0.775. The van der Waals surface area contributed by atoms with Gasteiger partial charge in [-0.05, 0) is 30.7 Å². The molecule has 0 aliphatic rings. The highest BCUT2D eigenvalue weighted by molar-refractivity contribution is 6.31. The molecule has 1 N–H and O–H groups in total. The lowest BCUT2D eigenvalue weighted by Crippen LogP contribution is -2.06. The fourth-order valence-corrected chi connectivity index (χ4v) is 2.41. The molecule has 21 heavy (non-hydrogen) atoms. The van der Waals surface area contributed by atoms with Gasteiger partial charge in [-0.3, -0.25) is 0 Å². The summed E-state index contributed by atoms with van der Waals surface area (Å²) >= 11 is 6.27. The number of pyridine rings is 1. The molecular weight excluding hydrogens is 284 g/mol. The van der Waals surface area contributed by atoms with Gasteiger partial charge in [0.05, 0.1) is 34.6 Å². The smallest absolute Gasteiger partial charge is 0.126 e. The third-order valence-corrected chi connectivity index (χ3v) is 3.67. The zero-order chi connectivity index (χ0) is 14.7. The number of hydrogen-bond acceptors (Lipinski definition) is 3. The van der Waals surface area contributed by atoms with Crippen LogP contribution in [0.25, 0.3) is 11.0 Å². The Morgan fingerprint density at radius 1 is 1.19 bits per heavy atom. The van der Waals surface area contributed by atoms with Crippen LogP contribution >= 0.6 is 11.6 Å². The summed E-state index contributed by atoms with van der Waals surface area (Å²) in [5, 5.41) is 3.96. The lowest BCUT2D eigenvalue weighted by molar-refractivity contribution is 0.797. The molecule has 0 spiro atoms.